The maximum atomic E-state index is 5.07. The minimum atomic E-state index is 0.559. The fourth-order valence-corrected chi connectivity index (χ4v) is 1.86. The third kappa shape index (κ3) is 2.60. The lowest BCUT2D eigenvalue weighted by molar-refractivity contribution is 0.397. The maximum Gasteiger partial charge on any atom is 0.214 e. The van der Waals surface area contributed by atoms with Crippen molar-refractivity contribution in [1.82, 2.24) is 9.97 Å². The van der Waals surface area contributed by atoms with Gasteiger partial charge in [0.25, 0.3) is 0 Å². The Kier molecular flexibility index (Phi) is 3.30. The first-order valence-electron chi connectivity index (χ1n) is 6.24. The highest BCUT2D eigenvalue weighted by molar-refractivity contribution is 5.78. The summed E-state index contributed by atoms with van der Waals surface area (Å²) >= 11 is 0. The molecule has 0 spiro atoms. The number of aromatic nitrogens is 2. The van der Waals surface area contributed by atoms with Gasteiger partial charge in [-0.2, -0.15) is 0 Å². The number of fused-ring (bicyclic) bond motifs is 1. The zero-order valence-corrected chi connectivity index (χ0v) is 11.0. The molecule has 0 N–H and O–H groups in total. The van der Waals surface area contributed by atoms with Crippen molar-refractivity contribution in [3.63, 3.8) is 0 Å². The van der Waals surface area contributed by atoms with E-state index in [2.05, 4.69) is 21.8 Å². The average Bonchev–Trinajstić information content (AvgIpc) is 2.53. The van der Waals surface area contributed by atoms with Gasteiger partial charge in [0.1, 0.15) is 11.4 Å². The van der Waals surface area contributed by atoms with Crippen molar-refractivity contribution < 1.29 is 4.74 Å². The first-order chi connectivity index (χ1) is 9.85. The minimum Gasteiger partial charge on any atom is -0.481 e. The molecule has 0 unspecified atom stereocenters. The van der Waals surface area contributed by atoms with Crippen LogP contribution in [0.15, 0.2) is 54.6 Å². The number of methoxy groups -OCH3 is 1. The standard InChI is InChI=1S/C17H12N2O/c1-20-17-8-4-6-14(19-17)11-12-15-10-9-13-5-2-3-7-16(13)18-15/h2-10H,1H3. The van der Waals surface area contributed by atoms with Gasteiger partial charge in [0.2, 0.25) is 5.88 Å². The Balaban J connectivity index is 1.94. The Morgan fingerprint density at radius 2 is 1.60 bits per heavy atom. The second-order valence-electron chi connectivity index (χ2n) is 4.20. The van der Waals surface area contributed by atoms with E-state index in [-0.39, 0.29) is 0 Å². The third-order valence-corrected chi connectivity index (χ3v) is 2.85. The molecule has 20 heavy (non-hydrogen) atoms. The lowest BCUT2D eigenvalue weighted by Gasteiger charge is -1.98. The average molecular weight is 260 g/mol. The molecule has 0 aliphatic rings. The lowest BCUT2D eigenvalue weighted by Crippen LogP contribution is -1.89. The fraction of sp³-hybridized carbons (Fsp3) is 0.0588. The molecule has 3 nitrogen and oxygen atoms in total. The van der Waals surface area contributed by atoms with Gasteiger partial charge in [0, 0.05) is 11.5 Å². The second kappa shape index (κ2) is 5.41. The van der Waals surface area contributed by atoms with Crippen LogP contribution in [0.5, 0.6) is 5.88 Å². The van der Waals surface area contributed by atoms with E-state index >= 15 is 0 Å². The van der Waals surface area contributed by atoms with Gasteiger partial charge < -0.3 is 4.74 Å². The van der Waals surface area contributed by atoms with Gasteiger partial charge in [-0.15, -0.1) is 0 Å². The molecule has 0 aliphatic heterocycles. The molecular weight excluding hydrogens is 248 g/mol. The third-order valence-electron chi connectivity index (χ3n) is 2.85. The van der Waals surface area contributed by atoms with Crippen LogP contribution < -0.4 is 4.74 Å². The number of rotatable bonds is 1. The predicted molar refractivity (Wildman–Crippen MR) is 78.5 cm³/mol. The molecule has 0 radical (unpaired) electrons. The summed E-state index contributed by atoms with van der Waals surface area (Å²) in [6.07, 6.45) is 0. The highest BCUT2D eigenvalue weighted by Crippen LogP contribution is 2.11. The smallest absolute Gasteiger partial charge is 0.214 e. The van der Waals surface area contributed by atoms with E-state index in [9.17, 15) is 0 Å². The van der Waals surface area contributed by atoms with Crippen LogP contribution in [0.25, 0.3) is 10.9 Å². The van der Waals surface area contributed by atoms with Crippen LogP contribution in [-0.2, 0) is 0 Å². The Hall–Kier alpha value is -2.86. The van der Waals surface area contributed by atoms with Crippen molar-refractivity contribution in [3.05, 3.63) is 66.0 Å². The zero-order valence-electron chi connectivity index (χ0n) is 11.0. The number of hydrogen-bond donors (Lipinski definition) is 0. The highest BCUT2D eigenvalue weighted by Gasteiger charge is 1.96. The molecule has 0 atom stereocenters. The van der Waals surface area contributed by atoms with Gasteiger partial charge >= 0.3 is 0 Å². The predicted octanol–water partition coefficient (Wildman–Crippen LogP) is 3.04. The van der Waals surface area contributed by atoms with Crippen LogP contribution in [0, 0.1) is 11.8 Å². The van der Waals surface area contributed by atoms with Crippen molar-refractivity contribution in [1.29, 1.82) is 0 Å². The van der Waals surface area contributed by atoms with Gasteiger partial charge in [-0.3, -0.25) is 0 Å². The van der Waals surface area contributed by atoms with E-state index in [0.717, 1.165) is 16.6 Å². The monoisotopic (exact) mass is 260 g/mol. The van der Waals surface area contributed by atoms with Crippen LogP contribution in [0.3, 0.4) is 0 Å². The summed E-state index contributed by atoms with van der Waals surface area (Å²) in [5.41, 5.74) is 2.34. The number of hydrogen-bond acceptors (Lipinski definition) is 3. The van der Waals surface area contributed by atoms with Gasteiger partial charge in [-0.05, 0) is 30.0 Å². The van der Waals surface area contributed by atoms with Crippen molar-refractivity contribution in [2.24, 2.45) is 0 Å². The Labute approximate surface area is 117 Å². The molecule has 96 valence electrons. The minimum absolute atomic E-state index is 0.559. The van der Waals surface area contributed by atoms with Crippen LogP contribution in [-0.4, -0.2) is 17.1 Å². The topological polar surface area (TPSA) is 35.0 Å². The summed E-state index contributed by atoms with van der Waals surface area (Å²) in [6, 6.07) is 17.4. The van der Waals surface area contributed by atoms with Crippen molar-refractivity contribution in [2.75, 3.05) is 7.11 Å². The van der Waals surface area contributed by atoms with E-state index in [4.69, 9.17) is 4.74 Å². The van der Waals surface area contributed by atoms with E-state index in [1.807, 2.05) is 48.5 Å². The SMILES string of the molecule is COc1cccc(C#Cc2ccc3ccccc3n2)n1. The van der Waals surface area contributed by atoms with Crippen LogP contribution in [0.2, 0.25) is 0 Å². The van der Waals surface area contributed by atoms with Gasteiger partial charge in [0.15, 0.2) is 0 Å². The first kappa shape index (κ1) is 12.2. The van der Waals surface area contributed by atoms with E-state index in [1.54, 1.807) is 13.2 Å². The van der Waals surface area contributed by atoms with Crippen molar-refractivity contribution in [3.8, 4) is 17.7 Å². The highest BCUT2D eigenvalue weighted by atomic mass is 16.5. The molecule has 3 rings (SSSR count). The Morgan fingerprint density at radius 1 is 0.800 bits per heavy atom. The first-order valence-corrected chi connectivity index (χ1v) is 6.24. The zero-order chi connectivity index (χ0) is 13.8. The lowest BCUT2D eigenvalue weighted by atomic mass is 10.2. The van der Waals surface area contributed by atoms with Crippen molar-refractivity contribution in [2.45, 2.75) is 0 Å². The Morgan fingerprint density at radius 3 is 2.45 bits per heavy atom. The Bertz CT molecular complexity index is 816. The van der Waals surface area contributed by atoms with Crippen LogP contribution >= 0.6 is 0 Å². The van der Waals surface area contributed by atoms with Crippen LogP contribution in [0.4, 0.5) is 0 Å². The summed E-state index contributed by atoms with van der Waals surface area (Å²) < 4.78 is 5.07. The molecule has 1 aromatic carbocycles. The maximum absolute atomic E-state index is 5.07. The van der Waals surface area contributed by atoms with Crippen molar-refractivity contribution >= 4 is 10.9 Å². The molecule has 0 bridgehead atoms. The molecule has 0 saturated carbocycles. The number of ether oxygens (including phenoxy) is 1. The molecule has 0 amide bonds. The molecule has 3 aromatic rings. The summed E-state index contributed by atoms with van der Waals surface area (Å²) in [6.45, 7) is 0. The van der Waals surface area contributed by atoms with E-state index < -0.39 is 0 Å². The summed E-state index contributed by atoms with van der Waals surface area (Å²) in [7, 11) is 1.59. The largest absolute Gasteiger partial charge is 0.481 e. The number of benzene rings is 1. The van der Waals surface area contributed by atoms with Gasteiger partial charge in [-0.1, -0.05) is 30.3 Å². The summed E-state index contributed by atoms with van der Waals surface area (Å²) in [4.78, 5) is 8.75. The van der Waals surface area contributed by atoms with E-state index in [0.29, 0.717) is 11.6 Å². The molecule has 0 fully saturated rings. The molecule has 0 saturated heterocycles. The summed E-state index contributed by atoms with van der Waals surface area (Å²) in [5.74, 6) is 6.58. The number of pyridine rings is 2. The van der Waals surface area contributed by atoms with E-state index in [1.165, 1.54) is 0 Å². The molecule has 2 heterocycles. The fourth-order valence-electron chi connectivity index (χ4n) is 1.86. The number of para-hydroxylation sites is 1. The number of nitrogens with zero attached hydrogens (tertiary/aromatic N) is 2. The summed E-state index contributed by atoms with van der Waals surface area (Å²) in [5, 5.41) is 1.11. The molecule has 3 heteroatoms. The quantitative estimate of drug-likeness (QED) is 0.631. The van der Waals surface area contributed by atoms with Gasteiger partial charge in [-0.25, -0.2) is 9.97 Å². The van der Waals surface area contributed by atoms with Crippen LogP contribution in [0.1, 0.15) is 11.4 Å². The molecular formula is C17H12N2O. The normalized spacial score (nSPS) is 9.85. The molecule has 0 aliphatic carbocycles. The second-order valence-corrected chi connectivity index (χ2v) is 4.20. The molecule has 2 aromatic heterocycles. The van der Waals surface area contributed by atoms with Gasteiger partial charge in [0.05, 0.1) is 12.6 Å².